The Morgan fingerprint density at radius 3 is 0.968 bits per heavy atom. The van der Waals surface area contributed by atoms with Gasteiger partial charge >= 0.3 is 17.9 Å². The molecule has 0 rings (SSSR count). The normalized spacial score (nSPS) is 12.2. The van der Waals surface area contributed by atoms with E-state index in [0.717, 1.165) is 89.9 Å². The van der Waals surface area contributed by atoms with E-state index in [1.165, 1.54) is 161 Å². The van der Waals surface area contributed by atoms with Crippen LogP contribution in [0.15, 0.2) is 36.5 Å². The van der Waals surface area contributed by atoms with Gasteiger partial charge < -0.3 is 14.2 Å². The number of hydrogen-bond donors (Lipinski definition) is 0. The number of carbonyl (C=O) groups excluding carboxylic acids is 3. The predicted molar refractivity (Wildman–Crippen MR) is 270 cm³/mol. The summed E-state index contributed by atoms with van der Waals surface area (Å²) in [5.74, 6) is -0.881. The van der Waals surface area contributed by atoms with Gasteiger partial charge in [0.2, 0.25) is 0 Å². The van der Waals surface area contributed by atoms with Gasteiger partial charge in [0.25, 0.3) is 0 Å². The van der Waals surface area contributed by atoms with Crippen molar-refractivity contribution in [2.75, 3.05) is 13.2 Å². The summed E-state index contributed by atoms with van der Waals surface area (Å²) in [5.41, 5.74) is 0. The van der Waals surface area contributed by atoms with E-state index in [0.29, 0.717) is 19.3 Å². The summed E-state index contributed by atoms with van der Waals surface area (Å²) in [5, 5.41) is 0. The Morgan fingerprint density at radius 1 is 0.333 bits per heavy atom. The Balaban J connectivity index is 4.36. The van der Waals surface area contributed by atoms with Crippen LogP contribution in [0.4, 0.5) is 0 Å². The lowest BCUT2D eigenvalue weighted by Crippen LogP contribution is -2.30. The van der Waals surface area contributed by atoms with Crippen molar-refractivity contribution >= 4 is 17.9 Å². The lowest BCUT2D eigenvalue weighted by Gasteiger charge is -2.18. The highest BCUT2D eigenvalue weighted by atomic mass is 16.6. The van der Waals surface area contributed by atoms with Gasteiger partial charge in [-0.25, -0.2) is 0 Å². The van der Waals surface area contributed by atoms with Gasteiger partial charge in [-0.2, -0.15) is 0 Å². The van der Waals surface area contributed by atoms with Crippen LogP contribution in [0.5, 0.6) is 0 Å². The van der Waals surface area contributed by atoms with E-state index in [1.807, 2.05) is 0 Å². The molecule has 6 heteroatoms. The molecule has 0 saturated heterocycles. The molecule has 0 bridgehead atoms. The monoisotopic (exact) mass is 885 g/mol. The van der Waals surface area contributed by atoms with Gasteiger partial charge in [-0.05, 0) is 51.4 Å². The summed E-state index contributed by atoms with van der Waals surface area (Å²) in [7, 11) is 0. The van der Waals surface area contributed by atoms with Crippen LogP contribution in [0.3, 0.4) is 0 Å². The number of rotatable bonds is 50. The van der Waals surface area contributed by atoms with E-state index in [9.17, 15) is 14.4 Å². The minimum Gasteiger partial charge on any atom is -0.462 e. The Bertz CT molecular complexity index is 1060. The van der Waals surface area contributed by atoms with Crippen LogP contribution < -0.4 is 0 Å². The molecule has 0 amide bonds. The van der Waals surface area contributed by atoms with E-state index in [4.69, 9.17) is 14.2 Å². The number of allylic oxidation sites excluding steroid dienone is 6. The highest BCUT2D eigenvalue weighted by molar-refractivity contribution is 5.71. The Kier molecular flexibility index (Phi) is 50.3. The van der Waals surface area contributed by atoms with Gasteiger partial charge in [-0.3, -0.25) is 14.4 Å². The van der Waals surface area contributed by atoms with Gasteiger partial charge in [0, 0.05) is 19.3 Å². The first-order valence-corrected chi connectivity index (χ1v) is 27.5. The Morgan fingerprint density at radius 2 is 0.619 bits per heavy atom. The molecule has 0 N–H and O–H groups in total. The van der Waals surface area contributed by atoms with Crippen LogP contribution in [0, 0.1) is 0 Å². The average Bonchev–Trinajstić information content (AvgIpc) is 3.28. The molecule has 0 spiro atoms. The molecule has 0 aromatic carbocycles. The Hall–Kier alpha value is -2.37. The molecule has 0 fully saturated rings. The highest BCUT2D eigenvalue weighted by Crippen LogP contribution is 2.17. The fraction of sp³-hybridized carbons (Fsp3) is 0.842. The van der Waals surface area contributed by atoms with Gasteiger partial charge in [0.05, 0.1) is 0 Å². The fourth-order valence-corrected chi connectivity index (χ4v) is 8.05. The highest BCUT2D eigenvalue weighted by Gasteiger charge is 2.19. The summed E-state index contributed by atoms with van der Waals surface area (Å²) in [4.78, 5) is 38.1. The zero-order valence-electron chi connectivity index (χ0n) is 42.1. The molecule has 0 aliphatic carbocycles. The molecule has 368 valence electrons. The van der Waals surface area contributed by atoms with Gasteiger partial charge in [0.1, 0.15) is 13.2 Å². The maximum Gasteiger partial charge on any atom is 0.306 e. The second-order valence-electron chi connectivity index (χ2n) is 18.5. The molecule has 0 heterocycles. The smallest absolute Gasteiger partial charge is 0.306 e. The van der Waals surface area contributed by atoms with Gasteiger partial charge in [-0.15, -0.1) is 0 Å². The van der Waals surface area contributed by atoms with Crippen LogP contribution in [-0.2, 0) is 28.6 Å². The van der Waals surface area contributed by atoms with Crippen molar-refractivity contribution in [3.05, 3.63) is 36.5 Å². The van der Waals surface area contributed by atoms with E-state index < -0.39 is 6.10 Å². The summed E-state index contributed by atoms with van der Waals surface area (Å²) in [6.45, 7) is 6.55. The standard InChI is InChI=1S/C57H104O6/c1-4-7-10-13-16-19-22-25-28-30-32-35-38-41-44-47-50-56(59)62-53-54(52-61-55(58)49-46-43-40-37-34-31-27-24-21-18-15-12-9-6-3)63-57(60)51-48-45-42-39-36-33-29-26-23-20-17-14-11-8-5-2/h9,12,18,21,27,31,54H,4-8,10-11,13-17,19-20,22-26,28-30,32-53H2,1-3H3/b12-9-,21-18-,31-27-. The maximum atomic E-state index is 12.8. The van der Waals surface area contributed by atoms with Crippen LogP contribution in [0.2, 0.25) is 0 Å². The minimum absolute atomic E-state index is 0.0746. The van der Waals surface area contributed by atoms with E-state index in [2.05, 4.69) is 57.2 Å². The molecule has 0 aliphatic heterocycles. The van der Waals surface area contributed by atoms with Crippen LogP contribution >= 0.6 is 0 Å². The van der Waals surface area contributed by atoms with Crippen molar-refractivity contribution in [1.29, 1.82) is 0 Å². The lowest BCUT2D eigenvalue weighted by molar-refractivity contribution is -0.167. The van der Waals surface area contributed by atoms with Crippen molar-refractivity contribution in [2.45, 2.75) is 297 Å². The second kappa shape index (κ2) is 52.3. The van der Waals surface area contributed by atoms with Crippen molar-refractivity contribution in [3.8, 4) is 0 Å². The van der Waals surface area contributed by atoms with Gasteiger partial charge in [0.15, 0.2) is 6.10 Å². The third kappa shape index (κ3) is 50.5. The molecule has 0 aliphatic rings. The molecule has 6 nitrogen and oxygen atoms in total. The van der Waals surface area contributed by atoms with Crippen LogP contribution in [0.25, 0.3) is 0 Å². The third-order valence-corrected chi connectivity index (χ3v) is 12.2. The number of ether oxygens (including phenoxy) is 3. The number of hydrogen-bond acceptors (Lipinski definition) is 6. The molecule has 1 unspecified atom stereocenters. The lowest BCUT2D eigenvalue weighted by atomic mass is 10.0. The first kappa shape index (κ1) is 60.6. The van der Waals surface area contributed by atoms with Crippen molar-refractivity contribution in [1.82, 2.24) is 0 Å². The number of carbonyl (C=O) groups is 3. The Labute approximate surface area is 391 Å². The molecule has 0 aromatic heterocycles. The molecule has 63 heavy (non-hydrogen) atoms. The molecule has 0 saturated carbocycles. The van der Waals surface area contributed by atoms with Crippen LogP contribution in [0.1, 0.15) is 290 Å². The van der Waals surface area contributed by atoms with E-state index in [-0.39, 0.29) is 31.1 Å². The number of esters is 3. The van der Waals surface area contributed by atoms with Crippen molar-refractivity contribution in [3.63, 3.8) is 0 Å². The second-order valence-corrected chi connectivity index (χ2v) is 18.5. The first-order valence-electron chi connectivity index (χ1n) is 27.5. The molecule has 1 atom stereocenters. The number of unbranched alkanes of at least 4 members (excludes halogenated alkanes) is 33. The van der Waals surface area contributed by atoms with Crippen molar-refractivity contribution in [2.24, 2.45) is 0 Å². The van der Waals surface area contributed by atoms with Crippen molar-refractivity contribution < 1.29 is 28.6 Å². The topological polar surface area (TPSA) is 78.9 Å². The molecule has 0 radical (unpaired) electrons. The summed E-state index contributed by atoms with van der Waals surface area (Å²) < 4.78 is 16.8. The predicted octanol–water partition coefficient (Wildman–Crippen LogP) is 18.1. The largest absolute Gasteiger partial charge is 0.462 e. The van der Waals surface area contributed by atoms with E-state index >= 15 is 0 Å². The molecular weight excluding hydrogens is 781 g/mol. The zero-order valence-corrected chi connectivity index (χ0v) is 42.1. The summed E-state index contributed by atoms with van der Waals surface area (Å²) >= 11 is 0. The molecule has 0 aromatic rings. The third-order valence-electron chi connectivity index (χ3n) is 12.2. The van der Waals surface area contributed by atoms with Crippen LogP contribution in [-0.4, -0.2) is 37.2 Å². The zero-order chi connectivity index (χ0) is 45.8. The van der Waals surface area contributed by atoms with E-state index in [1.54, 1.807) is 0 Å². The SMILES string of the molecule is CC/C=C\C/C=C\C/C=C\CCCCCCC(=O)OCC(COC(=O)CCCCCCCCCCCCCCCCCC)OC(=O)CCCCCCCCCCCCCCCCC. The summed E-state index contributed by atoms with van der Waals surface area (Å²) in [6, 6.07) is 0. The quantitative estimate of drug-likeness (QED) is 0.0262. The fourth-order valence-electron chi connectivity index (χ4n) is 8.05. The minimum atomic E-state index is -0.776. The summed E-state index contributed by atoms with van der Waals surface area (Å²) in [6.07, 6.45) is 61.3. The first-order chi connectivity index (χ1) is 31.0. The maximum absolute atomic E-state index is 12.8. The average molecular weight is 885 g/mol. The van der Waals surface area contributed by atoms with Gasteiger partial charge in [-0.1, -0.05) is 256 Å². The molecular formula is C57H104O6.